The van der Waals surface area contributed by atoms with Gasteiger partial charge in [-0.15, -0.1) is 0 Å². The van der Waals surface area contributed by atoms with Gasteiger partial charge in [-0.1, -0.05) is 13.5 Å². The molecule has 1 saturated carbocycles. The Morgan fingerprint density at radius 3 is 2.94 bits per heavy atom. The van der Waals surface area contributed by atoms with E-state index in [1.54, 1.807) is 0 Å². The molecule has 3 unspecified atom stereocenters. The number of esters is 1. The van der Waals surface area contributed by atoms with E-state index in [1.807, 2.05) is 0 Å². The molecular weight excluding hydrogens is 216 g/mol. The highest BCUT2D eigenvalue weighted by molar-refractivity contribution is 5.90. The van der Waals surface area contributed by atoms with Crippen LogP contribution in [-0.2, 0) is 14.3 Å². The van der Waals surface area contributed by atoms with E-state index in [0.29, 0.717) is 11.5 Å². The summed E-state index contributed by atoms with van der Waals surface area (Å²) < 4.78 is 11.3. The van der Waals surface area contributed by atoms with Crippen LogP contribution in [0, 0.1) is 17.3 Å². The summed E-state index contributed by atoms with van der Waals surface area (Å²) in [7, 11) is 0. The minimum absolute atomic E-state index is 0.00375. The van der Waals surface area contributed by atoms with E-state index >= 15 is 0 Å². The third-order valence-electron chi connectivity index (χ3n) is 5.09. The van der Waals surface area contributed by atoms with Crippen molar-refractivity contribution in [2.75, 3.05) is 6.61 Å². The second kappa shape index (κ2) is 3.58. The maximum absolute atomic E-state index is 11.7. The molecule has 0 amide bonds. The number of ether oxygens (including phenoxy) is 2. The Labute approximate surface area is 102 Å². The Bertz CT molecular complexity index is 376. The first kappa shape index (κ1) is 11.3. The average Bonchev–Trinajstić information content (AvgIpc) is 2.54. The van der Waals surface area contributed by atoms with Gasteiger partial charge < -0.3 is 9.47 Å². The fourth-order valence-electron chi connectivity index (χ4n) is 4.05. The van der Waals surface area contributed by atoms with Gasteiger partial charge in [-0.25, -0.2) is 4.79 Å². The topological polar surface area (TPSA) is 35.5 Å². The van der Waals surface area contributed by atoms with Crippen LogP contribution in [-0.4, -0.2) is 24.8 Å². The van der Waals surface area contributed by atoms with Crippen LogP contribution >= 0.6 is 0 Å². The molecule has 3 aliphatic rings. The third kappa shape index (κ3) is 1.48. The number of hydrogen-bond donors (Lipinski definition) is 0. The smallest absolute Gasteiger partial charge is 0.334 e. The van der Waals surface area contributed by atoms with Gasteiger partial charge in [0.25, 0.3) is 0 Å². The maximum Gasteiger partial charge on any atom is 0.334 e. The monoisotopic (exact) mass is 236 g/mol. The van der Waals surface area contributed by atoms with Gasteiger partial charge in [0.15, 0.2) is 0 Å². The highest BCUT2D eigenvalue weighted by Gasteiger charge is 2.56. The molecule has 0 aromatic rings. The maximum atomic E-state index is 11.7. The molecule has 0 aromatic heterocycles. The van der Waals surface area contributed by atoms with E-state index in [1.165, 1.54) is 0 Å². The third-order valence-corrected chi connectivity index (χ3v) is 5.09. The van der Waals surface area contributed by atoms with E-state index in [4.69, 9.17) is 9.47 Å². The highest BCUT2D eigenvalue weighted by Crippen LogP contribution is 2.54. The molecule has 0 N–H and O–H groups in total. The zero-order chi connectivity index (χ0) is 12.2. The summed E-state index contributed by atoms with van der Waals surface area (Å²) in [5, 5.41) is 0. The molecule has 0 aromatic carbocycles. The predicted octanol–water partition coefficient (Wildman–Crippen LogP) is 2.31. The zero-order valence-electron chi connectivity index (χ0n) is 10.6. The molecule has 3 heteroatoms. The molecule has 3 fully saturated rings. The number of fused-ring (bicyclic) bond motifs is 3. The van der Waals surface area contributed by atoms with Crippen LogP contribution in [0.2, 0.25) is 0 Å². The van der Waals surface area contributed by atoms with Gasteiger partial charge in [0.2, 0.25) is 0 Å². The van der Waals surface area contributed by atoms with Crippen molar-refractivity contribution in [3.63, 3.8) is 0 Å². The number of carbonyl (C=O) groups excluding carboxylic acids is 1. The van der Waals surface area contributed by atoms with Crippen molar-refractivity contribution in [3.8, 4) is 0 Å². The van der Waals surface area contributed by atoms with Gasteiger partial charge in [-0.05, 0) is 31.6 Å². The van der Waals surface area contributed by atoms with Crippen LogP contribution in [0.5, 0.6) is 0 Å². The van der Waals surface area contributed by atoms with Crippen LogP contribution in [0.15, 0.2) is 12.2 Å². The Hall–Kier alpha value is -0.830. The lowest BCUT2D eigenvalue weighted by molar-refractivity contribution is -0.172. The molecule has 1 aliphatic carbocycles. The first-order valence-electron chi connectivity index (χ1n) is 6.54. The number of hydrogen-bond acceptors (Lipinski definition) is 3. The van der Waals surface area contributed by atoms with Crippen molar-refractivity contribution in [1.82, 2.24) is 0 Å². The van der Waals surface area contributed by atoms with Crippen LogP contribution in [0.3, 0.4) is 0 Å². The van der Waals surface area contributed by atoms with E-state index in [9.17, 15) is 4.79 Å². The van der Waals surface area contributed by atoms with E-state index in [2.05, 4.69) is 20.4 Å². The first-order chi connectivity index (χ1) is 8.03. The minimum atomic E-state index is -0.193. The molecule has 2 saturated heterocycles. The van der Waals surface area contributed by atoms with Gasteiger partial charge in [-0.3, -0.25) is 0 Å². The Morgan fingerprint density at radius 1 is 1.41 bits per heavy atom. The van der Waals surface area contributed by atoms with Gasteiger partial charge in [-0.2, -0.15) is 0 Å². The van der Waals surface area contributed by atoms with Crippen LogP contribution < -0.4 is 0 Å². The number of rotatable bonds is 0. The average molecular weight is 236 g/mol. The largest absolute Gasteiger partial charge is 0.458 e. The molecule has 0 spiro atoms. The van der Waals surface area contributed by atoms with E-state index < -0.39 is 0 Å². The van der Waals surface area contributed by atoms with Gasteiger partial charge >= 0.3 is 5.97 Å². The molecule has 3 rings (SSSR count). The highest BCUT2D eigenvalue weighted by atomic mass is 16.6. The Kier molecular flexibility index (Phi) is 2.37. The molecule has 2 aliphatic heterocycles. The Morgan fingerprint density at radius 2 is 2.18 bits per heavy atom. The summed E-state index contributed by atoms with van der Waals surface area (Å²) >= 11 is 0. The zero-order valence-corrected chi connectivity index (χ0v) is 10.6. The van der Waals surface area contributed by atoms with E-state index in [-0.39, 0.29) is 29.5 Å². The molecule has 5 atom stereocenters. The van der Waals surface area contributed by atoms with Crippen LogP contribution in [0.4, 0.5) is 0 Å². The van der Waals surface area contributed by atoms with Gasteiger partial charge in [0.1, 0.15) is 6.10 Å². The molecular formula is C14H20O3. The van der Waals surface area contributed by atoms with E-state index in [0.717, 1.165) is 25.9 Å². The Balaban J connectivity index is 1.95. The van der Waals surface area contributed by atoms with Gasteiger partial charge in [0.05, 0.1) is 6.10 Å². The summed E-state index contributed by atoms with van der Waals surface area (Å²) in [5.74, 6) is 0.366. The van der Waals surface area contributed by atoms with Crippen molar-refractivity contribution in [2.45, 2.75) is 45.3 Å². The normalized spacial score (nSPS) is 49.5. The van der Waals surface area contributed by atoms with Crippen molar-refractivity contribution >= 4 is 5.97 Å². The van der Waals surface area contributed by atoms with Crippen molar-refractivity contribution in [1.29, 1.82) is 0 Å². The summed E-state index contributed by atoms with van der Waals surface area (Å²) in [6, 6.07) is 0. The summed E-state index contributed by atoms with van der Waals surface area (Å²) in [6.07, 6.45) is 3.45. The molecule has 0 radical (unpaired) electrons. The van der Waals surface area contributed by atoms with Crippen molar-refractivity contribution in [3.05, 3.63) is 12.2 Å². The fourth-order valence-corrected chi connectivity index (χ4v) is 4.05. The summed E-state index contributed by atoms with van der Waals surface area (Å²) in [4.78, 5) is 11.7. The SMILES string of the molecule is C=C1C(=O)OC2C3C(C)OCC[C@@]3(C)CC[C@H]12. The standard InChI is InChI=1S/C14H20O3/c1-8-10-4-5-14(3)6-7-16-9(2)11(14)12(10)17-13(8)15/h9-12H,1,4-7H2,2-3H3/t9?,10-,11?,12?,14-/m1/s1. The molecule has 94 valence electrons. The quantitative estimate of drug-likeness (QED) is 0.478. The lowest BCUT2D eigenvalue weighted by Crippen LogP contribution is -2.53. The lowest BCUT2D eigenvalue weighted by Gasteiger charge is -2.51. The second-order valence-corrected chi connectivity index (χ2v) is 6.05. The van der Waals surface area contributed by atoms with Crippen LogP contribution in [0.25, 0.3) is 0 Å². The number of carbonyl (C=O) groups is 1. The molecule has 3 nitrogen and oxygen atoms in total. The summed E-state index contributed by atoms with van der Waals surface area (Å²) in [5.41, 5.74) is 0.943. The summed E-state index contributed by atoms with van der Waals surface area (Å²) in [6.45, 7) is 9.16. The molecule has 0 bridgehead atoms. The second-order valence-electron chi connectivity index (χ2n) is 6.05. The first-order valence-corrected chi connectivity index (χ1v) is 6.54. The van der Waals surface area contributed by atoms with Crippen LogP contribution in [0.1, 0.15) is 33.1 Å². The van der Waals surface area contributed by atoms with Crippen molar-refractivity contribution in [2.24, 2.45) is 17.3 Å². The minimum Gasteiger partial charge on any atom is -0.458 e. The van der Waals surface area contributed by atoms with Gasteiger partial charge in [0, 0.05) is 24.0 Å². The molecule has 2 heterocycles. The molecule has 17 heavy (non-hydrogen) atoms. The fraction of sp³-hybridized carbons (Fsp3) is 0.786. The lowest BCUT2D eigenvalue weighted by atomic mass is 9.58. The predicted molar refractivity (Wildman–Crippen MR) is 63.4 cm³/mol. The van der Waals surface area contributed by atoms with Crippen molar-refractivity contribution < 1.29 is 14.3 Å².